The van der Waals surface area contributed by atoms with Crippen molar-refractivity contribution < 1.29 is 14.6 Å². The summed E-state index contributed by atoms with van der Waals surface area (Å²) in [4.78, 5) is 0. The minimum absolute atomic E-state index is 0.0883. The van der Waals surface area contributed by atoms with Crippen LogP contribution in [0.2, 0.25) is 0 Å². The fourth-order valence-corrected chi connectivity index (χ4v) is 2.65. The monoisotopic (exact) mass is 279 g/mol. The summed E-state index contributed by atoms with van der Waals surface area (Å²) in [5, 5.41) is 13.4. The molecule has 20 heavy (non-hydrogen) atoms. The van der Waals surface area contributed by atoms with Crippen molar-refractivity contribution in [2.45, 2.75) is 38.3 Å². The maximum absolute atomic E-state index is 9.87. The molecule has 112 valence electrons. The van der Waals surface area contributed by atoms with E-state index in [1.807, 2.05) is 24.3 Å². The Morgan fingerprint density at radius 1 is 1.30 bits per heavy atom. The zero-order valence-electron chi connectivity index (χ0n) is 12.6. The lowest BCUT2D eigenvalue weighted by atomic mass is 9.94. The van der Waals surface area contributed by atoms with Gasteiger partial charge >= 0.3 is 0 Å². The van der Waals surface area contributed by atoms with Gasteiger partial charge in [-0.05, 0) is 30.9 Å². The number of rotatable bonds is 8. The normalized spacial score (nSPS) is 17.9. The number of methoxy groups -OCH3 is 1. The average molecular weight is 279 g/mol. The number of ether oxygens (including phenoxy) is 2. The van der Waals surface area contributed by atoms with E-state index in [0.29, 0.717) is 18.6 Å². The van der Waals surface area contributed by atoms with Crippen LogP contribution in [0, 0.1) is 5.92 Å². The van der Waals surface area contributed by atoms with Crippen LogP contribution in [0.25, 0.3) is 0 Å². The van der Waals surface area contributed by atoms with Crippen molar-refractivity contribution in [3.05, 3.63) is 24.3 Å². The van der Waals surface area contributed by atoms with Crippen molar-refractivity contribution in [2.24, 2.45) is 5.92 Å². The third kappa shape index (κ3) is 3.44. The van der Waals surface area contributed by atoms with Gasteiger partial charge in [0.05, 0.1) is 19.3 Å². The molecule has 4 nitrogen and oxygen atoms in total. The van der Waals surface area contributed by atoms with Crippen LogP contribution in [0.15, 0.2) is 24.3 Å². The molecule has 0 aliphatic heterocycles. The maximum atomic E-state index is 9.87. The van der Waals surface area contributed by atoms with Gasteiger partial charge < -0.3 is 19.9 Å². The molecule has 1 aromatic rings. The Bertz CT molecular complexity index is 431. The Balaban J connectivity index is 2.08. The first kappa shape index (κ1) is 15.1. The van der Waals surface area contributed by atoms with Gasteiger partial charge in [-0.1, -0.05) is 26.0 Å². The zero-order chi connectivity index (χ0) is 14.6. The zero-order valence-corrected chi connectivity index (χ0v) is 12.6. The molecule has 0 bridgehead atoms. The lowest BCUT2D eigenvalue weighted by Gasteiger charge is -2.35. The predicted molar refractivity (Wildman–Crippen MR) is 79.3 cm³/mol. The molecule has 0 amide bonds. The summed E-state index contributed by atoms with van der Waals surface area (Å²) in [7, 11) is 1.63. The van der Waals surface area contributed by atoms with Gasteiger partial charge in [-0.25, -0.2) is 0 Å². The van der Waals surface area contributed by atoms with Crippen molar-refractivity contribution in [1.29, 1.82) is 0 Å². The van der Waals surface area contributed by atoms with Gasteiger partial charge in [-0.2, -0.15) is 0 Å². The molecule has 1 aliphatic carbocycles. The summed E-state index contributed by atoms with van der Waals surface area (Å²) in [6, 6.07) is 7.92. The molecule has 1 aliphatic rings. The second-order valence-electron chi connectivity index (χ2n) is 5.83. The highest BCUT2D eigenvalue weighted by Crippen LogP contribution is 2.40. The van der Waals surface area contributed by atoms with Gasteiger partial charge in [0.25, 0.3) is 0 Å². The molecule has 0 aromatic heterocycles. The summed E-state index contributed by atoms with van der Waals surface area (Å²) in [6.07, 6.45) is 2.30. The smallest absolute Gasteiger partial charge is 0.161 e. The Hall–Kier alpha value is -1.26. The molecule has 4 heteroatoms. The van der Waals surface area contributed by atoms with Crippen molar-refractivity contribution in [1.82, 2.24) is 5.32 Å². The summed E-state index contributed by atoms with van der Waals surface area (Å²) in [5.74, 6) is 1.93. The molecule has 2 rings (SSSR count). The Labute approximate surface area is 121 Å². The molecule has 0 radical (unpaired) electrons. The summed E-state index contributed by atoms with van der Waals surface area (Å²) in [6.45, 7) is 4.73. The number of aliphatic hydroxyl groups excluding tert-OH is 1. The molecule has 0 heterocycles. The lowest BCUT2D eigenvalue weighted by molar-refractivity contribution is 0.0766. The largest absolute Gasteiger partial charge is 0.493 e. The third-order valence-electron chi connectivity index (χ3n) is 3.77. The Morgan fingerprint density at radius 3 is 2.45 bits per heavy atom. The van der Waals surface area contributed by atoms with E-state index in [-0.39, 0.29) is 12.1 Å². The van der Waals surface area contributed by atoms with Crippen LogP contribution < -0.4 is 14.8 Å². The van der Waals surface area contributed by atoms with E-state index < -0.39 is 0 Å². The highest BCUT2D eigenvalue weighted by Gasteiger charge is 2.46. The molecule has 2 N–H and O–H groups in total. The summed E-state index contributed by atoms with van der Waals surface area (Å²) in [5.41, 5.74) is -0.352. The minimum atomic E-state index is -0.352. The van der Waals surface area contributed by atoms with Crippen LogP contribution in [-0.4, -0.2) is 37.0 Å². The topological polar surface area (TPSA) is 50.7 Å². The van der Waals surface area contributed by atoms with E-state index >= 15 is 0 Å². The Morgan fingerprint density at radius 2 is 1.95 bits per heavy atom. The first-order valence-electron chi connectivity index (χ1n) is 7.25. The van der Waals surface area contributed by atoms with Gasteiger partial charge in [0, 0.05) is 6.04 Å². The highest BCUT2D eigenvalue weighted by atomic mass is 16.5. The SMILES string of the molecule is COc1ccccc1OCC(CO)(NC(C)C)C1CC1. The second-order valence-corrected chi connectivity index (χ2v) is 5.83. The van der Waals surface area contributed by atoms with Crippen LogP contribution in [0.1, 0.15) is 26.7 Å². The van der Waals surface area contributed by atoms with Crippen molar-refractivity contribution in [3.8, 4) is 11.5 Å². The lowest BCUT2D eigenvalue weighted by Crippen LogP contribution is -2.57. The Kier molecular flexibility index (Phi) is 4.89. The minimum Gasteiger partial charge on any atom is -0.493 e. The standard InChI is InChI=1S/C16H25NO3/c1-12(2)17-16(10-18,13-8-9-13)11-20-15-7-5-4-6-14(15)19-3/h4-7,12-13,17-18H,8-11H2,1-3H3. The quantitative estimate of drug-likeness (QED) is 0.766. The van der Waals surface area contributed by atoms with E-state index in [1.165, 1.54) is 0 Å². The average Bonchev–Trinajstić information content (AvgIpc) is 3.28. The number of hydrogen-bond acceptors (Lipinski definition) is 4. The maximum Gasteiger partial charge on any atom is 0.161 e. The number of para-hydroxylation sites is 2. The molecular formula is C16H25NO3. The van der Waals surface area contributed by atoms with Crippen molar-refractivity contribution in [2.75, 3.05) is 20.3 Å². The van der Waals surface area contributed by atoms with E-state index in [0.717, 1.165) is 24.3 Å². The number of aliphatic hydroxyl groups is 1. The van der Waals surface area contributed by atoms with Crippen LogP contribution in [0.4, 0.5) is 0 Å². The molecule has 1 saturated carbocycles. The van der Waals surface area contributed by atoms with E-state index in [9.17, 15) is 5.11 Å². The van der Waals surface area contributed by atoms with Crippen molar-refractivity contribution >= 4 is 0 Å². The van der Waals surface area contributed by atoms with Gasteiger partial charge in [-0.3, -0.25) is 0 Å². The number of hydrogen-bond donors (Lipinski definition) is 2. The molecular weight excluding hydrogens is 254 g/mol. The van der Waals surface area contributed by atoms with E-state index in [4.69, 9.17) is 9.47 Å². The van der Waals surface area contributed by atoms with Crippen LogP contribution in [-0.2, 0) is 0 Å². The summed E-state index contributed by atoms with van der Waals surface area (Å²) < 4.78 is 11.2. The fraction of sp³-hybridized carbons (Fsp3) is 0.625. The predicted octanol–water partition coefficient (Wildman–Crippen LogP) is 2.21. The van der Waals surface area contributed by atoms with Gasteiger partial charge in [0.15, 0.2) is 11.5 Å². The molecule has 1 atom stereocenters. The van der Waals surface area contributed by atoms with Crippen LogP contribution in [0.3, 0.4) is 0 Å². The first-order chi connectivity index (χ1) is 9.61. The molecule has 1 fully saturated rings. The van der Waals surface area contributed by atoms with Gasteiger partial charge in [0.2, 0.25) is 0 Å². The molecule has 0 spiro atoms. The van der Waals surface area contributed by atoms with E-state index in [2.05, 4.69) is 19.2 Å². The highest BCUT2D eigenvalue weighted by molar-refractivity contribution is 5.39. The van der Waals surface area contributed by atoms with Gasteiger partial charge in [0.1, 0.15) is 6.61 Å². The fourth-order valence-electron chi connectivity index (χ4n) is 2.65. The molecule has 0 saturated heterocycles. The van der Waals surface area contributed by atoms with Crippen LogP contribution in [0.5, 0.6) is 11.5 Å². The molecule has 1 unspecified atom stereocenters. The summed E-state index contributed by atoms with van der Waals surface area (Å²) >= 11 is 0. The number of nitrogens with one attached hydrogen (secondary N) is 1. The van der Waals surface area contributed by atoms with Crippen LogP contribution >= 0.6 is 0 Å². The molecule has 1 aromatic carbocycles. The van der Waals surface area contributed by atoms with Gasteiger partial charge in [-0.15, -0.1) is 0 Å². The van der Waals surface area contributed by atoms with Crippen molar-refractivity contribution in [3.63, 3.8) is 0 Å². The van der Waals surface area contributed by atoms with E-state index in [1.54, 1.807) is 7.11 Å². The number of benzene rings is 1. The second kappa shape index (κ2) is 6.46. The third-order valence-corrected chi connectivity index (χ3v) is 3.77. The first-order valence-corrected chi connectivity index (χ1v) is 7.25.